The Bertz CT molecular complexity index is 960. The maximum atomic E-state index is 14.7. The monoisotopic (exact) mass is 395 g/mol. The van der Waals surface area contributed by atoms with Gasteiger partial charge in [-0.3, -0.25) is 19.4 Å². The van der Waals surface area contributed by atoms with Crippen LogP contribution in [0.3, 0.4) is 0 Å². The summed E-state index contributed by atoms with van der Waals surface area (Å²) in [4.78, 5) is 26.8. The summed E-state index contributed by atoms with van der Waals surface area (Å²) in [6.45, 7) is -0.680. The van der Waals surface area contributed by atoms with Gasteiger partial charge in [0.2, 0.25) is 0 Å². The van der Waals surface area contributed by atoms with Gasteiger partial charge in [-0.25, -0.2) is 4.39 Å². The van der Waals surface area contributed by atoms with Crippen LogP contribution in [0.4, 0.5) is 28.9 Å². The molecule has 0 radical (unpaired) electrons. The Morgan fingerprint density at radius 1 is 1.25 bits per heavy atom. The van der Waals surface area contributed by atoms with Crippen molar-refractivity contribution in [1.29, 1.82) is 0 Å². The largest absolute Gasteiger partial charge is 0.475 e. The SMILES string of the molecule is C#CCN1C(=O)C2(CC2)Oc2cc(F)c(N3CNC(C(F)(F)F)=CC3=O)cc21. The molecule has 1 saturated carbocycles. The van der Waals surface area contributed by atoms with Crippen molar-refractivity contribution >= 4 is 23.2 Å². The highest BCUT2D eigenvalue weighted by Gasteiger charge is 2.58. The lowest BCUT2D eigenvalue weighted by molar-refractivity contribution is -0.128. The number of carbonyl (C=O) groups is 2. The average molecular weight is 395 g/mol. The van der Waals surface area contributed by atoms with Crippen molar-refractivity contribution in [2.45, 2.75) is 24.6 Å². The number of nitrogens with one attached hydrogen (secondary N) is 1. The molecule has 2 heterocycles. The van der Waals surface area contributed by atoms with Gasteiger partial charge in [-0.15, -0.1) is 6.42 Å². The molecule has 28 heavy (non-hydrogen) atoms. The average Bonchev–Trinajstić information content (AvgIpc) is 3.39. The second-order valence-electron chi connectivity index (χ2n) is 6.62. The summed E-state index contributed by atoms with van der Waals surface area (Å²) in [5.41, 5.74) is -2.38. The van der Waals surface area contributed by atoms with Crippen LogP contribution in [-0.4, -0.2) is 36.8 Å². The lowest BCUT2D eigenvalue weighted by atomic mass is 10.1. The van der Waals surface area contributed by atoms with E-state index in [-0.39, 0.29) is 29.6 Å². The molecule has 10 heteroatoms. The maximum Gasteiger partial charge on any atom is 0.431 e. The lowest BCUT2D eigenvalue weighted by Gasteiger charge is -2.35. The van der Waals surface area contributed by atoms with Crippen molar-refractivity contribution in [2.75, 3.05) is 23.0 Å². The molecule has 0 saturated heterocycles. The number of anilines is 2. The van der Waals surface area contributed by atoms with Crippen molar-refractivity contribution in [2.24, 2.45) is 0 Å². The second kappa shape index (κ2) is 5.89. The standard InChI is InChI=1S/C18H13F4N3O3/c1-2-5-24-12-7-11(25-9-23-14(8-15(25)26)18(20,21)22)10(19)6-13(12)28-17(3-4-17)16(24)27/h1,6-8,23H,3-5,9H2. The topological polar surface area (TPSA) is 61.9 Å². The molecule has 1 spiro atoms. The number of allylic oxidation sites excluding steroid dienone is 1. The van der Waals surface area contributed by atoms with Crippen LogP contribution in [0.1, 0.15) is 12.8 Å². The van der Waals surface area contributed by atoms with Crippen LogP contribution < -0.4 is 19.9 Å². The van der Waals surface area contributed by atoms with Gasteiger partial charge >= 0.3 is 6.18 Å². The van der Waals surface area contributed by atoms with E-state index in [1.807, 2.05) is 5.32 Å². The molecule has 0 unspecified atom stereocenters. The van der Waals surface area contributed by atoms with Gasteiger partial charge in [0.15, 0.2) is 11.4 Å². The van der Waals surface area contributed by atoms with Crippen LogP contribution >= 0.6 is 0 Å². The molecular formula is C18H13F4N3O3. The molecule has 1 N–H and O–H groups in total. The summed E-state index contributed by atoms with van der Waals surface area (Å²) >= 11 is 0. The van der Waals surface area contributed by atoms with E-state index in [2.05, 4.69) is 5.92 Å². The number of halogens is 4. The first-order valence-electron chi connectivity index (χ1n) is 8.28. The normalized spacial score (nSPS) is 20.2. The number of hydrogen-bond donors (Lipinski definition) is 1. The van der Waals surface area contributed by atoms with Crippen molar-refractivity contribution in [1.82, 2.24) is 5.32 Å². The van der Waals surface area contributed by atoms with Gasteiger partial charge in [0, 0.05) is 25.0 Å². The fraction of sp³-hybridized carbons (Fsp3) is 0.333. The zero-order valence-electron chi connectivity index (χ0n) is 14.3. The number of benzene rings is 1. The van der Waals surface area contributed by atoms with E-state index in [0.29, 0.717) is 18.9 Å². The van der Waals surface area contributed by atoms with Gasteiger partial charge in [-0.05, 0) is 6.07 Å². The van der Waals surface area contributed by atoms with Crippen molar-refractivity contribution in [3.8, 4) is 18.1 Å². The van der Waals surface area contributed by atoms with Crippen molar-refractivity contribution in [3.63, 3.8) is 0 Å². The minimum absolute atomic E-state index is 0.0909. The molecule has 1 aromatic rings. The number of hydrogen-bond acceptors (Lipinski definition) is 4. The summed E-state index contributed by atoms with van der Waals surface area (Å²) in [6, 6.07) is 2.19. The van der Waals surface area contributed by atoms with E-state index in [9.17, 15) is 27.2 Å². The highest BCUT2D eigenvalue weighted by molar-refractivity contribution is 6.07. The van der Waals surface area contributed by atoms with Crippen LogP contribution in [0.5, 0.6) is 5.75 Å². The highest BCUT2D eigenvalue weighted by Crippen LogP contribution is 2.50. The Morgan fingerprint density at radius 3 is 2.54 bits per heavy atom. The molecule has 6 nitrogen and oxygen atoms in total. The van der Waals surface area contributed by atoms with Crippen LogP contribution in [0.25, 0.3) is 0 Å². The van der Waals surface area contributed by atoms with E-state index >= 15 is 0 Å². The van der Waals surface area contributed by atoms with E-state index in [1.54, 1.807) is 0 Å². The number of ether oxygens (including phenoxy) is 1. The number of alkyl halides is 3. The van der Waals surface area contributed by atoms with Gasteiger partial charge in [-0.1, -0.05) is 5.92 Å². The van der Waals surface area contributed by atoms with E-state index in [1.165, 1.54) is 11.0 Å². The summed E-state index contributed by atoms with van der Waals surface area (Å²) in [7, 11) is 0. The Labute approximate surface area is 156 Å². The summed E-state index contributed by atoms with van der Waals surface area (Å²) < 4.78 is 58.6. The predicted molar refractivity (Wildman–Crippen MR) is 89.8 cm³/mol. The van der Waals surface area contributed by atoms with Gasteiger partial charge in [0.1, 0.15) is 11.4 Å². The van der Waals surface area contributed by atoms with E-state index in [0.717, 1.165) is 11.0 Å². The molecule has 1 fully saturated rings. The molecule has 1 aliphatic carbocycles. The molecule has 3 aliphatic rings. The zero-order valence-corrected chi connectivity index (χ0v) is 14.3. The first-order valence-corrected chi connectivity index (χ1v) is 8.28. The maximum absolute atomic E-state index is 14.7. The van der Waals surface area contributed by atoms with Gasteiger partial charge in [-0.2, -0.15) is 13.2 Å². The second-order valence-corrected chi connectivity index (χ2v) is 6.62. The fourth-order valence-corrected chi connectivity index (χ4v) is 3.20. The third kappa shape index (κ3) is 2.74. The minimum Gasteiger partial charge on any atom is -0.475 e. The molecular weight excluding hydrogens is 382 g/mol. The van der Waals surface area contributed by atoms with Crippen molar-refractivity contribution < 1.29 is 31.9 Å². The number of nitrogens with zero attached hydrogens (tertiary/aromatic N) is 2. The smallest absolute Gasteiger partial charge is 0.431 e. The quantitative estimate of drug-likeness (QED) is 0.615. The molecule has 0 atom stereocenters. The molecule has 0 aromatic heterocycles. The van der Waals surface area contributed by atoms with Crippen LogP contribution in [0, 0.1) is 18.2 Å². The third-order valence-corrected chi connectivity index (χ3v) is 4.77. The molecule has 4 rings (SSSR count). The van der Waals surface area contributed by atoms with Crippen molar-refractivity contribution in [3.05, 3.63) is 29.7 Å². The molecule has 2 aliphatic heterocycles. The number of amides is 2. The molecule has 146 valence electrons. The Hall–Kier alpha value is -3.22. The number of carbonyl (C=O) groups excluding carboxylic acids is 2. The lowest BCUT2D eigenvalue weighted by Crippen LogP contribution is -2.48. The van der Waals surface area contributed by atoms with E-state index in [4.69, 9.17) is 11.2 Å². The zero-order chi connectivity index (χ0) is 20.3. The summed E-state index contributed by atoms with van der Waals surface area (Å²) in [5, 5.41) is 2.04. The third-order valence-electron chi connectivity index (χ3n) is 4.77. The summed E-state index contributed by atoms with van der Waals surface area (Å²) in [6.07, 6.45) is 1.92. The minimum atomic E-state index is -4.72. The van der Waals surface area contributed by atoms with Crippen LogP contribution in [0.2, 0.25) is 0 Å². The Morgan fingerprint density at radius 2 is 1.96 bits per heavy atom. The van der Waals surface area contributed by atoms with Gasteiger partial charge in [0.05, 0.1) is 24.6 Å². The number of fused-ring (bicyclic) bond motifs is 1. The van der Waals surface area contributed by atoms with E-state index < -0.39 is 35.9 Å². The number of terminal acetylenes is 1. The summed E-state index contributed by atoms with van der Waals surface area (Å²) in [5.74, 6) is 0.161. The van der Waals surface area contributed by atoms with Crippen LogP contribution in [-0.2, 0) is 9.59 Å². The molecule has 0 bridgehead atoms. The Kier molecular flexibility index (Phi) is 3.82. The van der Waals surface area contributed by atoms with Crippen LogP contribution in [0.15, 0.2) is 23.9 Å². The molecule has 2 amide bonds. The molecule has 1 aromatic carbocycles. The first kappa shape index (κ1) is 18.2. The van der Waals surface area contributed by atoms with Gasteiger partial charge in [0.25, 0.3) is 11.8 Å². The predicted octanol–water partition coefficient (Wildman–Crippen LogP) is 2.06. The number of rotatable bonds is 2. The highest BCUT2D eigenvalue weighted by atomic mass is 19.4. The first-order chi connectivity index (χ1) is 13.2. The fourth-order valence-electron chi connectivity index (χ4n) is 3.20. The Balaban J connectivity index is 1.73. The van der Waals surface area contributed by atoms with Gasteiger partial charge < -0.3 is 10.1 Å².